The molecule has 3 aromatic heterocycles. The van der Waals surface area contributed by atoms with Gasteiger partial charge in [-0.1, -0.05) is 24.3 Å². The summed E-state index contributed by atoms with van der Waals surface area (Å²) >= 11 is 0. The molecule has 0 saturated carbocycles. The molecule has 5 aromatic rings. The molecule has 8 heteroatoms. The average Bonchev–Trinajstić information content (AvgIpc) is 3.75. The van der Waals surface area contributed by atoms with E-state index < -0.39 is 0 Å². The van der Waals surface area contributed by atoms with Crippen molar-refractivity contribution >= 4 is 10.8 Å². The van der Waals surface area contributed by atoms with Crippen molar-refractivity contribution in [3.8, 4) is 33.9 Å². The van der Waals surface area contributed by atoms with E-state index in [1.807, 2.05) is 24.8 Å². The number of fused-ring (bicyclic) bond motifs is 1. The lowest BCUT2D eigenvalue weighted by atomic mass is 10.0. The van der Waals surface area contributed by atoms with Crippen LogP contribution >= 0.6 is 0 Å². The van der Waals surface area contributed by atoms with Crippen LogP contribution in [-0.4, -0.2) is 43.0 Å². The standard InChI is InChI=1S/C28H28N8/c1-3-22(29-9-1)27-33-15-24(35-27)19-7-5-18-12-20(8-6-17(18)11-19)26-31-13-21(14-32-26)25-16-34-28(36-25)23-4-2-10-30-23/h5-8,11-16,22-23,29-30H,1-4,9-10H2,(H,33,35)(H,34,36)/t22-,23-/m0/s1. The molecule has 0 unspecified atom stereocenters. The lowest BCUT2D eigenvalue weighted by molar-refractivity contribution is 0.613. The van der Waals surface area contributed by atoms with Gasteiger partial charge in [0.1, 0.15) is 11.6 Å². The molecule has 5 heterocycles. The zero-order valence-corrected chi connectivity index (χ0v) is 20.0. The molecule has 0 bridgehead atoms. The molecular weight excluding hydrogens is 448 g/mol. The lowest BCUT2D eigenvalue weighted by Gasteiger charge is -2.07. The highest BCUT2D eigenvalue weighted by atomic mass is 15.0. The molecule has 180 valence electrons. The van der Waals surface area contributed by atoms with E-state index in [0.29, 0.717) is 17.9 Å². The molecule has 2 saturated heterocycles. The summed E-state index contributed by atoms with van der Waals surface area (Å²) in [5.74, 6) is 2.73. The fraction of sp³-hybridized carbons (Fsp3) is 0.286. The van der Waals surface area contributed by atoms with E-state index in [9.17, 15) is 0 Å². The first-order valence-corrected chi connectivity index (χ1v) is 12.7. The monoisotopic (exact) mass is 476 g/mol. The largest absolute Gasteiger partial charge is 0.341 e. The zero-order valence-electron chi connectivity index (χ0n) is 20.0. The Morgan fingerprint density at radius 2 is 1.14 bits per heavy atom. The third-order valence-corrected chi connectivity index (χ3v) is 7.34. The van der Waals surface area contributed by atoms with Gasteiger partial charge in [-0.2, -0.15) is 0 Å². The molecule has 0 amide bonds. The second-order valence-corrected chi connectivity index (χ2v) is 9.73. The van der Waals surface area contributed by atoms with Gasteiger partial charge in [-0.05, 0) is 61.7 Å². The normalized spacial score (nSPS) is 19.9. The second kappa shape index (κ2) is 8.96. The number of benzene rings is 2. The summed E-state index contributed by atoms with van der Waals surface area (Å²) in [5.41, 5.74) is 5.07. The molecule has 4 N–H and O–H groups in total. The van der Waals surface area contributed by atoms with Gasteiger partial charge in [0, 0.05) is 29.1 Å². The number of hydrogen-bond donors (Lipinski definition) is 4. The topological polar surface area (TPSA) is 107 Å². The van der Waals surface area contributed by atoms with Crippen LogP contribution in [0.1, 0.15) is 49.4 Å². The highest BCUT2D eigenvalue weighted by Gasteiger charge is 2.20. The Kier molecular flexibility index (Phi) is 5.33. The minimum Gasteiger partial charge on any atom is -0.341 e. The van der Waals surface area contributed by atoms with Crippen LogP contribution in [0.15, 0.2) is 61.2 Å². The molecule has 2 aliphatic heterocycles. The first kappa shape index (κ1) is 21.4. The van der Waals surface area contributed by atoms with Gasteiger partial charge in [0.05, 0.1) is 35.9 Å². The minimum absolute atomic E-state index is 0.316. The molecular formula is C28H28N8. The van der Waals surface area contributed by atoms with E-state index in [1.165, 1.54) is 18.2 Å². The van der Waals surface area contributed by atoms with Crippen molar-refractivity contribution in [2.45, 2.75) is 37.8 Å². The van der Waals surface area contributed by atoms with Gasteiger partial charge in [0.25, 0.3) is 0 Å². The Morgan fingerprint density at radius 1 is 0.583 bits per heavy atom. The highest BCUT2D eigenvalue weighted by molar-refractivity contribution is 5.89. The molecule has 0 aliphatic carbocycles. The van der Waals surface area contributed by atoms with Crippen molar-refractivity contribution in [1.82, 2.24) is 40.5 Å². The van der Waals surface area contributed by atoms with Crippen LogP contribution in [0, 0.1) is 0 Å². The van der Waals surface area contributed by atoms with Crippen molar-refractivity contribution in [1.29, 1.82) is 0 Å². The van der Waals surface area contributed by atoms with Gasteiger partial charge in [-0.3, -0.25) is 0 Å². The third kappa shape index (κ3) is 3.98. The van der Waals surface area contributed by atoms with Crippen LogP contribution in [0.2, 0.25) is 0 Å². The van der Waals surface area contributed by atoms with E-state index in [4.69, 9.17) is 0 Å². The van der Waals surface area contributed by atoms with Crippen LogP contribution in [0.3, 0.4) is 0 Å². The van der Waals surface area contributed by atoms with Gasteiger partial charge >= 0.3 is 0 Å². The summed E-state index contributed by atoms with van der Waals surface area (Å²) in [5, 5.41) is 9.31. The zero-order chi connectivity index (χ0) is 23.9. The number of nitrogens with one attached hydrogen (secondary N) is 4. The number of nitrogens with zero attached hydrogens (tertiary/aromatic N) is 4. The fourth-order valence-electron chi connectivity index (χ4n) is 5.33. The van der Waals surface area contributed by atoms with E-state index in [2.05, 4.69) is 76.9 Å². The summed E-state index contributed by atoms with van der Waals surface area (Å²) in [4.78, 5) is 25.4. The molecule has 8 nitrogen and oxygen atoms in total. The molecule has 2 fully saturated rings. The van der Waals surface area contributed by atoms with Crippen LogP contribution < -0.4 is 10.6 Å². The number of hydrogen-bond acceptors (Lipinski definition) is 6. The third-order valence-electron chi connectivity index (χ3n) is 7.34. The molecule has 0 radical (unpaired) electrons. The first-order chi connectivity index (χ1) is 17.8. The Morgan fingerprint density at radius 3 is 1.72 bits per heavy atom. The highest BCUT2D eigenvalue weighted by Crippen LogP contribution is 2.29. The van der Waals surface area contributed by atoms with Crippen LogP contribution in [0.5, 0.6) is 0 Å². The van der Waals surface area contributed by atoms with Crippen molar-refractivity contribution in [2.75, 3.05) is 13.1 Å². The maximum atomic E-state index is 4.65. The smallest absolute Gasteiger partial charge is 0.159 e. The lowest BCUT2D eigenvalue weighted by Crippen LogP contribution is -2.14. The minimum atomic E-state index is 0.316. The number of aromatic amines is 2. The number of aromatic nitrogens is 6. The second-order valence-electron chi connectivity index (χ2n) is 9.73. The van der Waals surface area contributed by atoms with E-state index >= 15 is 0 Å². The Labute approximate surface area is 209 Å². The van der Waals surface area contributed by atoms with Crippen LogP contribution in [0.4, 0.5) is 0 Å². The summed E-state index contributed by atoms with van der Waals surface area (Å²) in [6, 6.07) is 13.5. The maximum Gasteiger partial charge on any atom is 0.159 e. The molecule has 36 heavy (non-hydrogen) atoms. The summed E-state index contributed by atoms with van der Waals surface area (Å²) in [6.07, 6.45) is 12.2. The van der Waals surface area contributed by atoms with Crippen LogP contribution in [-0.2, 0) is 0 Å². The van der Waals surface area contributed by atoms with Gasteiger partial charge in [0.15, 0.2) is 5.82 Å². The summed E-state index contributed by atoms with van der Waals surface area (Å²) in [6.45, 7) is 2.11. The predicted molar refractivity (Wildman–Crippen MR) is 140 cm³/mol. The van der Waals surface area contributed by atoms with Gasteiger partial charge < -0.3 is 20.6 Å². The Balaban J connectivity index is 1.11. The van der Waals surface area contributed by atoms with Gasteiger partial charge in [0.2, 0.25) is 0 Å². The molecule has 2 aromatic carbocycles. The van der Waals surface area contributed by atoms with Crippen molar-refractivity contribution in [3.05, 3.63) is 72.8 Å². The quantitative estimate of drug-likeness (QED) is 0.287. The SMILES string of the molecule is c1cc2cc(-c3cnc([C@@H]4CCCN4)[nH]3)ccc2cc1-c1ncc(-c2cnc([C@@H]3CCCN3)[nH]2)cn1. The molecule has 2 aliphatic rings. The van der Waals surface area contributed by atoms with Gasteiger partial charge in [-0.15, -0.1) is 0 Å². The Hall–Kier alpha value is -3.88. The van der Waals surface area contributed by atoms with E-state index in [-0.39, 0.29) is 0 Å². The van der Waals surface area contributed by atoms with Crippen molar-refractivity contribution < 1.29 is 0 Å². The maximum absolute atomic E-state index is 4.65. The first-order valence-electron chi connectivity index (χ1n) is 12.7. The van der Waals surface area contributed by atoms with Crippen molar-refractivity contribution in [2.24, 2.45) is 0 Å². The van der Waals surface area contributed by atoms with Gasteiger partial charge in [-0.25, -0.2) is 19.9 Å². The number of H-pyrrole nitrogens is 2. The summed E-state index contributed by atoms with van der Waals surface area (Å²) < 4.78 is 0. The van der Waals surface area contributed by atoms with Crippen molar-refractivity contribution in [3.63, 3.8) is 0 Å². The Bertz CT molecular complexity index is 1500. The van der Waals surface area contributed by atoms with Crippen LogP contribution in [0.25, 0.3) is 44.7 Å². The molecule has 2 atom stereocenters. The van der Waals surface area contributed by atoms with E-state index in [1.54, 1.807) is 0 Å². The number of imidazole rings is 2. The summed E-state index contributed by atoms with van der Waals surface area (Å²) in [7, 11) is 0. The molecule has 0 spiro atoms. The predicted octanol–water partition coefficient (Wildman–Crippen LogP) is 4.93. The fourth-order valence-corrected chi connectivity index (χ4v) is 5.33. The average molecular weight is 477 g/mol. The molecule has 7 rings (SSSR count). The van der Waals surface area contributed by atoms with E-state index in [0.717, 1.165) is 71.0 Å². The number of rotatable bonds is 5.